The summed E-state index contributed by atoms with van der Waals surface area (Å²) in [6, 6.07) is 11.9. The fourth-order valence-electron chi connectivity index (χ4n) is 3.36. The van der Waals surface area contributed by atoms with Crippen molar-refractivity contribution in [3.63, 3.8) is 0 Å². The standard InChI is InChI=1S/C22H29N3O/c1-16-6-5-13-25(15-16)20-12-7-17(14-23-20)21(26)24-19-10-8-18(9-11-19)22(2,3)4/h7-12,14,16H,5-6,13,15H2,1-4H3,(H,24,26). The summed E-state index contributed by atoms with van der Waals surface area (Å²) < 4.78 is 0. The molecule has 0 saturated carbocycles. The predicted molar refractivity (Wildman–Crippen MR) is 108 cm³/mol. The van der Waals surface area contributed by atoms with Crippen LogP contribution in [-0.4, -0.2) is 24.0 Å². The predicted octanol–water partition coefficient (Wildman–Crippen LogP) is 4.87. The van der Waals surface area contributed by atoms with Gasteiger partial charge in [-0.1, -0.05) is 39.8 Å². The molecule has 0 radical (unpaired) electrons. The SMILES string of the molecule is CC1CCCN(c2ccc(C(=O)Nc3ccc(C(C)(C)C)cc3)cn2)C1. The minimum Gasteiger partial charge on any atom is -0.356 e. The average Bonchev–Trinajstić information content (AvgIpc) is 2.61. The molecular weight excluding hydrogens is 322 g/mol. The Hall–Kier alpha value is -2.36. The average molecular weight is 351 g/mol. The normalized spacial score (nSPS) is 17.8. The van der Waals surface area contributed by atoms with Gasteiger partial charge in [-0.15, -0.1) is 0 Å². The highest BCUT2D eigenvalue weighted by molar-refractivity contribution is 6.04. The van der Waals surface area contributed by atoms with Gasteiger partial charge in [0.05, 0.1) is 5.56 Å². The van der Waals surface area contributed by atoms with Gasteiger partial charge in [0, 0.05) is 25.0 Å². The molecule has 2 heterocycles. The summed E-state index contributed by atoms with van der Waals surface area (Å²) in [4.78, 5) is 19.3. The molecular formula is C22H29N3O. The molecule has 0 aliphatic carbocycles. The van der Waals surface area contributed by atoms with Gasteiger partial charge in [0.15, 0.2) is 0 Å². The number of anilines is 2. The van der Waals surface area contributed by atoms with Gasteiger partial charge in [-0.05, 0) is 54.0 Å². The smallest absolute Gasteiger partial charge is 0.257 e. The molecule has 3 rings (SSSR count). The topological polar surface area (TPSA) is 45.2 Å². The Morgan fingerprint density at radius 1 is 1.15 bits per heavy atom. The van der Waals surface area contributed by atoms with E-state index in [9.17, 15) is 4.79 Å². The van der Waals surface area contributed by atoms with E-state index in [1.165, 1.54) is 18.4 Å². The quantitative estimate of drug-likeness (QED) is 0.858. The maximum atomic E-state index is 12.5. The van der Waals surface area contributed by atoms with Gasteiger partial charge in [0.25, 0.3) is 5.91 Å². The van der Waals surface area contributed by atoms with Crippen molar-refractivity contribution in [2.75, 3.05) is 23.3 Å². The number of amides is 1. The zero-order valence-electron chi connectivity index (χ0n) is 16.2. The number of rotatable bonds is 3. The van der Waals surface area contributed by atoms with Crippen LogP contribution >= 0.6 is 0 Å². The van der Waals surface area contributed by atoms with E-state index in [2.05, 4.69) is 55.0 Å². The Morgan fingerprint density at radius 3 is 2.46 bits per heavy atom. The number of nitrogens with zero attached hydrogens (tertiary/aromatic N) is 2. The molecule has 1 aliphatic heterocycles. The van der Waals surface area contributed by atoms with Crippen molar-refractivity contribution in [1.29, 1.82) is 0 Å². The molecule has 26 heavy (non-hydrogen) atoms. The Balaban J connectivity index is 1.64. The number of carbonyl (C=O) groups excluding carboxylic acids is 1. The fraction of sp³-hybridized carbons (Fsp3) is 0.455. The van der Waals surface area contributed by atoms with Gasteiger partial charge in [-0.3, -0.25) is 4.79 Å². The lowest BCUT2D eigenvalue weighted by atomic mass is 9.87. The van der Waals surface area contributed by atoms with Crippen LogP contribution in [0.5, 0.6) is 0 Å². The van der Waals surface area contributed by atoms with Crippen LogP contribution in [0.4, 0.5) is 11.5 Å². The van der Waals surface area contributed by atoms with Crippen LogP contribution in [0, 0.1) is 5.92 Å². The molecule has 1 saturated heterocycles. The van der Waals surface area contributed by atoms with E-state index < -0.39 is 0 Å². The maximum Gasteiger partial charge on any atom is 0.257 e. The lowest BCUT2D eigenvalue weighted by Crippen LogP contribution is -2.34. The summed E-state index contributed by atoms with van der Waals surface area (Å²) in [5.74, 6) is 1.53. The van der Waals surface area contributed by atoms with Crippen molar-refractivity contribution < 1.29 is 4.79 Å². The summed E-state index contributed by atoms with van der Waals surface area (Å²) in [6.45, 7) is 10.9. The van der Waals surface area contributed by atoms with Crippen molar-refractivity contribution in [1.82, 2.24) is 4.98 Å². The molecule has 0 bridgehead atoms. The molecule has 1 N–H and O–H groups in total. The van der Waals surface area contributed by atoms with Crippen LogP contribution in [0.3, 0.4) is 0 Å². The van der Waals surface area contributed by atoms with E-state index in [4.69, 9.17) is 0 Å². The van der Waals surface area contributed by atoms with E-state index in [1.807, 2.05) is 24.3 Å². The molecule has 2 aromatic rings. The van der Waals surface area contributed by atoms with Gasteiger partial charge in [-0.2, -0.15) is 0 Å². The summed E-state index contributed by atoms with van der Waals surface area (Å²) >= 11 is 0. The molecule has 4 nitrogen and oxygen atoms in total. The summed E-state index contributed by atoms with van der Waals surface area (Å²) in [5.41, 5.74) is 2.74. The highest BCUT2D eigenvalue weighted by Crippen LogP contribution is 2.24. The molecule has 1 fully saturated rings. The molecule has 1 aliphatic rings. The largest absolute Gasteiger partial charge is 0.356 e. The Labute approximate surface area is 156 Å². The molecule has 1 aromatic heterocycles. The summed E-state index contributed by atoms with van der Waals surface area (Å²) in [7, 11) is 0. The monoisotopic (exact) mass is 351 g/mol. The molecule has 1 atom stereocenters. The van der Waals surface area contributed by atoms with E-state index >= 15 is 0 Å². The first-order chi connectivity index (χ1) is 12.3. The molecule has 1 unspecified atom stereocenters. The third-order valence-corrected chi connectivity index (χ3v) is 5.00. The van der Waals surface area contributed by atoms with Crippen LogP contribution in [0.25, 0.3) is 0 Å². The second kappa shape index (κ2) is 7.48. The van der Waals surface area contributed by atoms with Crippen LogP contribution in [-0.2, 0) is 5.41 Å². The van der Waals surface area contributed by atoms with Gasteiger partial charge in [0.1, 0.15) is 5.82 Å². The fourth-order valence-corrected chi connectivity index (χ4v) is 3.36. The number of piperidine rings is 1. The highest BCUT2D eigenvalue weighted by atomic mass is 16.1. The molecule has 1 aromatic carbocycles. The minimum atomic E-state index is -0.125. The van der Waals surface area contributed by atoms with Crippen LogP contribution < -0.4 is 10.2 Å². The first kappa shape index (κ1) is 18.4. The number of hydrogen-bond donors (Lipinski definition) is 1. The van der Waals surface area contributed by atoms with Crippen LogP contribution in [0.1, 0.15) is 56.5 Å². The van der Waals surface area contributed by atoms with Crippen molar-refractivity contribution in [3.8, 4) is 0 Å². The number of nitrogens with one attached hydrogen (secondary N) is 1. The molecule has 138 valence electrons. The Kier molecular flexibility index (Phi) is 5.30. The second-order valence-corrected chi connectivity index (χ2v) is 8.38. The van der Waals surface area contributed by atoms with Crippen molar-refractivity contribution in [2.45, 2.75) is 46.0 Å². The molecule has 4 heteroatoms. The second-order valence-electron chi connectivity index (χ2n) is 8.38. The number of benzene rings is 1. The van der Waals surface area contributed by atoms with Gasteiger partial charge >= 0.3 is 0 Å². The first-order valence-corrected chi connectivity index (χ1v) is 9.46. The highest BCUT2D eigenvalue weighted by Gasteiger charge is 2.18. The zero-order chi connectivity index (χ0) is 18.7. The Bertz CT molecular complexity index is 744. The van der Waals surface area contributed by atoms with Crippen molar-refractivity contribution in [2.24, 2.45) is 5.92 Å². The number of hydrogen-bond acceptors (Lipinski definition) is 3. The number of pyridine rings is 1. The van der Waals surface area contributed by atoms with E-state index in [0.29, 0.717) is 11.5 Å². The maximum absolute atomic E-state index is 12.5. The zero-order valence-corrected chi connectivity index (χ0v) is 16.2. The van der Waals surface area contributed by atoms with Crippen LogP contribution in [0.2, 0.25) is 0 Å². The lowest BCUT2D eigenvalue weighted by Gasteiger charge is -2.31. The molecule has 0 spiro atoms. The third kappa shape index (κ3) is 4.43. The summed E-state index contributed by atoms with van der Waals surface area (Å²) in [5, 5.41) is 2.95. The third-order valence-electron chi connectivity index (χ3n) is 5.00. The molecule has 1 amide bonds. The van der Waals surface area contributed by atoms with E-state index in [0.717, 1.165) is 24.6 Å². The minimum absolute atomic E-state index is 0.105. The Morgan fingerprint density at radius 2 is 1.88 bits per heavy atom. The van der Waals surface area contributed by atoms with Crippen molar-refractivity contribution in [3.05, 3.63) is 53.7 Å². The van der Waals surface area contributed by atoms with E-state index in [1.54, 1.807) is 6.20 Å². The number of carbonyl (C=O) groups is 1. The van der Waals surface area contributed by atoms with Crippen molar-refractivity contribution >= 4 is 17.4 Å². The first-order valence-electron chi connectivity index (χ1n) is 9.46. The van der Waals surface area contributed by atoms with Gasteiger partial charge in [-0.25, -0.2) is 4.98 Å². The summed E-state index contributed by atoms with van der Waals surface area (Å²) in [6.07, 6.45) is 4.16. The number of aromatic nitrogens is 1. The van der Waals surface area contributed by atoms with Crippen LogP contribution in [0.15, 0.2) is 42.6 Å². The van der Waals surface area contributed by atoms with E-state index in [-0.39, 0.29) is 11.3 Å². The van der Waals surface area contributed by atoms with Gasteiger partial charge < -0.3 is 10.2 Å². The lowest BCUT2D eigenvalue weighted by molar-refractivity contribution is 0.102. The van der Waals surface area contributed by atoms with Gasteiger partial charge in [0.2, 0.25) is 0 Å².